The van der Waals surface area contributed by atoms with E-state index < -0.39 is 11.9 Å². The van der Waals surface area contributed by atoms with Gasteiger partial charge in [-0.3, -0.25) is 0 Å². The number of rotatable bonds is 2. The lowest BCUT2D eigenvalue weighted by atomic mass is 10.2. The normalized spacial score (nSPS) is 9.77. The van der Waals surface area contributed by atoms with Gasteiger partial charge in [-0.25, -0.2) is 9.78 Å². The molecular formula is C9H10FNO2. The van der Waals surface area contributed by atoms with Crippen molar-refractivity contribution in [3.63, 3.8) is 0 Å². The van der Waals surface area contributed by atoms with Gasteiger partial charge in [-0.2, -0.15) is 4.39 Å². The number of pyridine rings is 1. The highest BCUT2D eigenvalue weighted by Crippen LogP contribution is 2.06. The Kier molecular flexibility index (Phi) is 2.95. The van der Waals surface area contributed by atoms with Crippen molar-refractivity contribution < 1.29 is 13.9 Å². The molecule has 0 amide bonds. The number of aromatic nitrogens is 1. The van der Waals surface area contributed by atoms with E-state index in [1.807, 2.05) is 0 Å². The second kappa shape index (κ2) is 3.98. The van der Waals surface area contributed by atoms with E-state index in [2.05, 4.69) is 4.98 Å². The third-order valence-corrected chi connectivity index (χ3v) is 1.53. The van der Waals surface area contributed by atoms with Crippen LogP contribution in [0.1, 0.15) is 22.8 Å². The van der Waals surface area contributed by atoms with Gasteiger partial charge in [-0.15, -0.1) is 0 Å². The van der Waals surface area contributed by atoms with Gasteiger partial charge in [0.1, 0.15) is 0 Å². The Bertz CT molecular complexity index is 325. The van der Waals surface area contributed by atoms with Crippen LogP contribution in [0.5, 0.6) is 0 Å². The van der Waals surface area contributed by atoms with Crippen molar-refractivity contribution in [2.45, 2.75) is 13.8 Å². The SMILES string of the molecule is CCOC(=O)c1cnc(F)c(C)c1. The Balaban J connectivity index is 2.90. The van der Waals surface area contributed by atoms with Crippen LogP contribution in [0.3, 0.4) is 0 Å². The zero-order chi connectivity index (χ0) is 9.84. The minimum absolute atomic E-state index is 0.278. The highest BCUT2D eigenvalue weighted by molar-refractivity contribution is 5.89. The molecule has 0 unspecified atom stereocenters. The van der Waals surface area contributed by atoms with E-state index in [0.29, 0.717) is 12.2 Å². The van der Waals surface area contributed by atoms with Crippen LogP contribution in [0, 0.1) is 12.9 Å². The number of hydrogen-bond acceptors (Lipinski definition) is 3. The Labute approximate surface area is 75.6 Å². The van der Waals surface area contributed by atoms with Crippen LogP contribution >= 0.6 is 0 Å². The molecule has 1 heterocycles. The van der Waals surface area contributed by atoms with E-state index in [1.54, 1.807) is 13.8 Å². The summed E-state index contributed by atoms with van der Waals surface area (Å²) in [4.78, 5) is 14.5. The Morgan fingerprint density at radius 3 is 2.92 bits per heavy atom. The molecule has 1 aromatic heterocycles. The first-order valence-electron chi connectivity index (χ1n) is 3.94. The van der Waals surface area contributed by atoms with Crippen LogP contribution in [0.15, 0.2) is 12.3 Å². The van der Waals surface area contributed by atoms with Crippen molar-refractivity contribution in [2.75, 3.05) is 6.61 Å². The number of hydrogen-bond donors (Lipinski definition) is 0. The molecule has 0 aliphatic rings. The van der Waals surface area contributed by atoms with Gasteiger partial charge in [0, 0.05) is 11.8 Å². The number of aryl methyl sites for hydroxylation is 1. The van der Waals surface area contributed by atoms with Crippen LogP contribution in [0.2, 0.25) is 0 Å². The van der Waals surface area contributed by atoms with Gasteiger partial charge >= 0.3 is 5.97 Å². The van der Waals surface area contributed by atoms with Crippen molar-refractivity contribution in [2.24, 2.45) is 0 Å². The molecule has 70 valence electrons. The fourth-order valence-corrected chi connectivity index (χ4v) is 0.884. The number of nitrogens with zero attached hydrogens (tertiary/aromatic N) is 1. The Morgan fingerprint density at radius 1 is 1.69 bits per heavy atom. The first kappa shape index (κ1) is 9.64. The predicted molar refractivity (Wildman–Crippen MR) is 44.9 cm³/mol. The summed E-state index contributed by atoms with van der Waals surface area (Å²) >= 11 is 0. The van der Waals surface area contributed by atoms with Crippen LogP contribution in [-0.2, 0) is 4.74 Å². The highest BCUT2D eigenvalue weighted by Gasteiger charge is 2.08. The van der Waals surface area contributed by atoms with E-state index >= 15 is 0 Å². The zero-order valence-corrected chi connectivity index (χ0v) is 7.50. The lowest BCUT2D eigenvalue weighted by Gasteiger charge is -2.01. The van der Waals surface area contributed by atoms with Crippen molar-refractivity contribution in [1.82, 2.24) is 4.98 Å². The summed E-state index contributed by atoms with van der Waals surface area (Å²) in [6, 6.07) is 1.42. The van der Waals surface area contributed by atoms with Crippen LogP contribution < -0.4 is 0 Å². The van der Waals surface area contributed by atoms with Gasteiger partial charge in [0.2, 0.25) is 5.95 Å². The van der Waals surface area contributed by atoms with Crippen molar-refractivity contribution in [3.05, 3.63) is 29.3 Å². The molecule has 13 heavy (non-hydrogen) atoms. The highest BCUT2D eigenvalue weighted by atomic mass is 19.1. The van der Waals surface area contributed by atoms with Gasteiger partial charge in [0.15, 0.2) is 0 Å². The third-order valence-electron chi connectivity index (χ3n) is 1.53. The second-order valence-electron chi connectivity index (χ2n) is 2.55. The Hall–Kier alpha value is -1.45. The maximum atomic E-state index is 12.7. The summed E-state index contributed by atoms with van der Waals surface area (Å²) in [5.41, 5.74) is 0.617. The average molecular weight is 183 g/mol. The molecule has 1 rings (SSSR count). The predicted octanol–water partition coefficient (Wildman–Crippen LogP) is 1.71. The van der Waals surface area contributed by atoms with Crippen LogP contribution in [0.4, 0.5) is 4.39 Å². The summed E-state index contributed by atoms with van der Waals surface area (Å²) in [6.07, 6.45) is 1.17. The van der Waals surface area contributed by atoms with Crippen LogP contribution in [0.25, 0.3) is 0 Å². The molecule has 0 N–H and O–H groups in total. The molecule has 1 aromatic rings. The average Bonchev–Trinajstić information content (AvgIpc) is 2.10. The molecule has 0 atom stereocenters. The molecule has 0 fully saturated rings. The largest absolute Gasteiger partial charge is 0.462 e. The summed E-state index contributed by atoms with van der Waals surface area (Å²) in [5.74, 6) is -1.04. The van der Waals surface area contributed by atoms with Crippen molar-refractivity contribution in [1.29, 1.82) is 0 Å². The molecule has 0 saturated carbocycles. The van der Waals surface area contributed by atoms with Gasteiger partial charge in [-0.05, 0) is 19.9 Å². The first-order valence-corrected chi connectivity index (χ1v) is 3.94. The van der Waals surface area contributed by atoms with Gasteiger partial charge < -0.3 is 4.74 Å². The molecule has 0 radical (unpaired) electrons. The molecule has 0 saturated heterocycles. The van der Waals surface area contributed by atoms with E-state index in [1.165, 1.54) is 12.3 Å². The topological polar surface area (TPSA) is 39.2 Å². The maximum Gasteiger partial charge on any atom is 0.339 e. The first-order chi connectivity index (χ1) is 6.15. The molecule has 4 heteroatoms. The summed E-state index contributed by atoms with van der Waals surface area (Å²) < 4.78 is 17.4. The second-order valence-corrected chi connectivity index (χ2v) is 2.55. The lowest BCUT2D eigenvalue weighted by Crippen LogP contribution is -2.06. The van der Waals surface area contributed by atoms with Crippen molar-refractivity contribution in [3.8, 4) is 0 Å². The third kappa shape index (κ3) is 2.24. The molecular weight excluding hydrogens is 173 g/mol. The molecule has 0 bridgehead atoms. The fourth-order valence-electron chi connectivity index (χ4n) is 0.884. The van der Waals surface area contributed by atoms with Crippen LogP contribution in [-0.4, -0.2) is 17.6 Å². The molecule has 3 nitrogen and oxygen atoms in total. The lowest BCUT2D eigenvalue weighted by molar-refractivity contribution is 0.0525. The maximum absolute atomic E-state index is 12.7. The fraction of sp³-hybridized carbons (Fsp3) is 0.333. The molecule has 0 aliphatic heterocycles. The summed E-state index contributed by atoms with van der Waals surface area (Å²) in [6.45, 7) is 3.56. The number of carbonyl (C=O) groups is 1. The van der Waals surface area contributed by atoms with Gasteiger partial charge in [0.25, 0.3) is 0 Å². The van der Waals surface area contributed by atoms with E-state index in [4.69, 9.17) is 4.74 Å². The van der Waals surface area contributed by atoms with E-state index in [0.717, 1.165) is 0 Å². The van der Waals surface area contributed by atoms with E-state index in [-0.39, 0.29) is 5.56 Å². The number of carbonyl (C=O) groups excluding carboxylic acids is 1. The smallest absolute Gasteiger partial charge is 0.339 e. The quantitative estimate of drug-likeness (QED) is 0.517. The molecule has 0 spiro atoms. The minimum Gasteiger partial charge on any atom is -0.462 e. The Morgan fingerprint density at radius 2 is 2.38 bits per heavy atom. The number of halogens is 1. The van der Waals surface area contributed by atoms with Crippen molar-refractivity contribution >= 4 is 5.97 Å². The zero-order valence-electron chi connectivity index (χ0n) is 7.50. The minimum atomic E-state index is -0.562. The molecule has 0 aromatic carbocycles. The number of esters is 1. The summed E-state index contributed by atoms with van der Waals surface area (Å²) in [7, 11) is 0. The molecule has 0 aliphatic carbocycles. The van der Waals surface area contributed by atoms with E-state index in [9.17, 15) is 9.18 Å². The van der Waals surface area contributed by atoms with Gasteiger partial charge in [-0.1, -0.05) is 0 Å². The standard InChI is InChI=1S/C9H10FNO2/c1-3-13-9(12)7-4-6(2)8(10)11-5-7/h4-5H,3H2,1-2H3. The van der Waals surface area contributed by atoms with Gasteiger partial charge in [0.05, 0.1) is 12.2 Å². The monoisotopic (exact) mass is 183 g/mol. The number of ether oxygens (including phenoxy) is 1. The summed E-state index contributed by atoms with van der Waals surface area (Å²) in [5, 5.41) is 0.